The van der Waals surface area contributed by atoms with Crippen LogP contribution < -0.4 is 0 Å². The van der Waals surface area contributed by atoms with Crippen LogP contribution in [0.15, 0.2) is 0 Å². The molecule has 0 aromatic heterocycles. The minimum atomic E-state index is 0.800. The van der Waals surface area contributed by atoms with E-state index in [-0.39, 0.29) is 0 Å². The smallest absolute Gasteiger partial charge is 0.0269 e. The molecule has 0 aromatic rings. The average molecular weight is 401 g/mol. The summed E-state index contributed by atoms with van der Waals surface area (Å²) in [5.41, 5.74) is 1.60. The summed E-state index contributed by atoms with van der Waals surface area (Å²) in [4.78, 5) is 0. The Morgan fingerprint density at radius 3 is 1.24 bits per heavy atom. The molecule has 5 rings (SSSR count). The monoisotopic (exact) mass is 400 g/mol. The zero-order chi connectivity index (χ0) is 20.2. The molecule has 5 saturated carbocycles. The summed E-state index contributed by atoms with van der Waals surface area (Å²) in [6.45, 7) is 4.71. The van der Waals surface area contributed by atoms with E-state index in [0.717, 1.165) is 34.5 Å². The van der Waals surface area contributed by atoms with Crippen molar-refractivity contribution in [2.45, 2.75) is 149 Å². The Bertz CT molecular complexity index is 450. The van der Waals surface area contributed by atoms with Gasteiger partial charge < -0.3 is 0 Å². The van der Waals surface area contributed by atoms with Gasteiger partial charge in [-0.1, -0.05) is 84.5 Å². The molecule has 0 aromatic carbocycles. The molecule has 29 heavy (non-hydrogen) atoms. The molecule has 0 unspecified atom stereocenters. The van der Waals surface area contributed by atoms with Gasteiger partial charge in [0.2, 0.25) is 0 Å². The van der Waals surface area contributed by atoms with Crippen LogP contribution in [0, 0.1) is 34.5 Å². The van der Waals surface area contributed by atoms with Crippen molar-refractivity contribution in [2.75, 3.05) is 0 Å². The van der Waals surface area contributed by atoms with Gasteiger partial charge in [0.15, 0.2) is 0 Å². The fraction of sp³-hybridized carbons (Fsp3) is 1.00. The first-order chi connectivity index (χ1) is 14.2. The van der Waals surface area contributed by atoms with Crippen LogP contribution in [0.2, 0.25) is 0 Å². The van der Waals surface area contributed by atoms with Crippen LogP contribution in [0.1, 0.15) is 149 Å². The Morgan fingerprint density at radius 1 is 0.483 bits per heavy atom. The Morgan fingerprint density at radius 2 is 0.862 bits per heavy atom. The first-order valence-electron chi connectivity index (χ1n) is 14.2. The zero-order valence-electron chi connectivity index (χ0n) is 20.2. The van der Waals surface area contributed by atoms with Gasteiger partial charge in [-0.3, -0.25) is 0 Å². The maximum atomic E-state index is 2.36. The number of unbranched alkanes of at least 4 members (excludes halogenated alkanes) is 3. The van der Waals surface area contributed by atoms with Crippen molar-refractivity contribution in [1.29, 1.82) is 0 Å². The van der Waals surface area contributed by atoms with Crippen molar-refractivity contribution in [3.8, 4) is 0 Å². The first kappa shape index (κ1) is 22.2. The average Bonchev–Trinajstić information content (AvgIpc) is 2.80. The third kappa shape index (κ3) is 4.92. The van der Waals surface area contributed by atoms with E-state index in [9.17, 15) is 0 Å². The van der Waals surface area contributed by atoms with Crippen LogP contribution in [-0.2, 0) is 0 Å². The lowest BCUT2D eigenvalue weighted by Crippen LogP contribution is -2.49. The molecule has 0 spiro atoms. The third-order valence-electron chi connectivity index (χ3n) is 11.0. The fourth-order valence-corrected chi connectivity index (χ4v) is 8.77. The molecule has 0 saturated heterocycles. The zero-order valence-corrected chi connectivity index (χ0v) is 20.2. The quantitative estimate of drug-likeness (QED) is 0.338. The molecule has 5 fully saturated rings. The largest absolute Gasteiger partial charge is 0.0654 e. The summed E-state index contributed by atoms with van der Waals surface area (Å²) in [5.74, 6) is 4.38. The van der Waals surface area contributed by atoms with Crippen LogP contribution in [0.4, 0.5) is 0 Å². The topological polar surface area (TPSA) is 0 Å². The molecule has 5 aliphatic carbocycles. The van der Waals surface area contributed by atoms with Crippen LogP contribution in [-0.4, -0.2) is 0 Å². The van der Waals surface area contributed by atoms with Gasteiger partial charge in [0.1, 0.15) is 0 Å². The number of hydrogen-bond acceptors (Lipinski definition) is 0. The highest BCUT2D eigenvalue weighted by Crippen LogP contribution is 2.66. The summed E-state index contributed by atoms with van der Waals surface area (Å²) < 4.78 is 0. The minimum absolute atomic E-state index is 0.800. The fourth-order valence-electron chi connectivity index (χ4n) is 8.77. The number of hydrogen-bond donors (Lipinski definition) is 0. The maximum Gasteiger partial charge on any atom is -0.0269 e. The number of rotatable bonds is 9. The van der Waals surface area contributed by atoms with E-state index in [1.165, 1.54) is 44.9 Å². The molecule has 0 aliphatic heterocycles. The summed E-state index contributed by atoms with van der Waals surface area (Å²) in [7, 11) is 0. The van der Waals surface area contributed by atoms with Crippen LogP contribution in [0.5, 0.6) is 0 Å². The molecule has 0 nitrogen and oxygen atoms in total. The van der Waals surface area contributed by atoms with E-state index in [2.05, 4.69) is 13.8 Å². The summed E-state index contributed by atoms with van der Waals surface area (Å²) in [6, 6.07) is 0. The molecular formula is C29H52. The Labute approximate surface area is 183 Å². The van der Waals surface area contributed by atoms with Gasteiger partial charge in [-0.15, -0.1) is 0 Å². The summed E-state index contributed by atoms with van der Waals surface area (Å²) >= 11 is 0. The minimum Gasteiger partial charge on any atom is -0.0654 e. The second-order valence-electron chi connectivity index (χ2n) is 12.3. The Kier molecular flexibility index (Phi) is 7.72. The highest BCUT2D eigenvalue weighted by molar-refractivity contribution is 5.05. The molecule has 0 heteroatoms. The molecule has 168 valence electrons. The second-order valence-corrected chi connectivity index (χ2v) is 12.3. The first-order valence-corrected chi connectivity index (χ1v) is 14.2. The second kappa shape index (κ2) is 10.1. The van der Waals surface area contributed by atoms with Crippen LogP contribution in [0.25, 0.3) is 0 Å². The molecular weight excluding hydrogens is 348 g/mol. The predicted octanol–water partition coefficient (Wildman–Crippen LogP) is 9.71. The molecule has 2 bridgehead atoms. The van der Waals surface area contributed by atoms with Crippen molar-refractivity contribution in [3.63, 3.8) is 0 Å². The van der Waals surface area contributed by atoms with Crippen molar-refractivity contribution in [2.24, 2.45) is 34.5 Å². The van der Waals surface area contributed by atoms with Crippen molar-refractivity contribution in [1.82, 2.24) is 0 Å². The van der Waals surface area contributed by atoms with Gasteiger partial charge >= 0.3 is 0 Å². The van der Waals surface area contributed by atoms with E-state index in [1.807, 2.05) is 0 Å². The van der Waals surface area contributed by atoms with E-state index in [4.69, 9.17) is 0 Å². The predicted molar refractivity (Wildman–Crippen MR) is 127 cm³/mol. The van der Waals surface area contributed by atoms with E-state index >= 15 is 0 Å². The van der Waals surface area contributed by atoms with Crippen molar-refractivity contribution in [3.05, 3.63) is 0 Å². The summed E-state index contributed by atoms with van der Waals surface area (Å²) in [6.07, 6.45) is 32.6. The van der Waals surface area contributed by atoms with Crippen molar-refractivity contribution < 1.29 is 0 Å². The molecule has 0 amide bonds. The number of fused-ring (bicyclic) bond motifs is 3. The maximum absolute atomic E-state index is 2.36. The van der Waals surface area contributed by atoms with Gasteiger partial charge in [0.05, 0.1) is 0 Å². The van der Waals surface area contributed by atoms with Gasteiger partial charge in [0, 0.05) is 0 Å². The molecule has 0 atom stereocenters. The van der Waals surface area contributed by atoms with E-state index in [1.54, 1.807) is 89.9 Å². The standard InChI is InChI=1S/C29H52/c1-3-5-7-9-25-12-16-27(17-13-25)29-21-18-28(19-22-29,20-23-29)26-14-10-24(11-15-26)8-6-4-2/h24-27H,3-23H2,1-2H3/t24?,25-,26?,27-,28?,29?. The van der Waals surface area contributed by atoms with Crippen molar-refractivity contribution >= 4 is 0 Å². The summed E-state index contributed by atoms with van der Waals surface area (Å²) in [5, 5.41) is 0. The van der Waals surface area contributed by atoms with Crippen LogP contribution >= 0.6 is 0 Å². The lowest BCUT2D eigenvalue weighted by Gasteiger charge is -2.60. The van der Waals surface area contributed by atoms with Gasteiger partial charge in [-0.2, -0.15) is 0 Å². The highest BCUT2D eigenvalue weighted by Gasteiger charge is 2.54. The molecule has 5 aliphatic rings. The van der Waals surface area contributed by atoms with Gasteiger partial charge in [-0.05, 0) is 98.7 Å². The molecule has 0 radical (unpaired) electrons. The SMILES string of the molecule is CCCCC[C@H]1CC[C@H](C23CCC(C4CCC(CCCC)CC4)(CC2)CC3)CC1. The Hall–Kier alpha value is 0. The Balaban J connectivity index is 1.24. The lowest BCUT2D eigenvalue weighted by molar-refractivity contribution is -0.0960. The lowest BCUT2D eigenvalue weighted by atomic mass is 9.45. The molecule has 0 heterocycles. The van der Waals surface area contributed by atoms with Crippen LogP contribution in [0.3, 0.4) is 0 Å². The normalized spacial score (nSPS) is 42.8. The molecule has 0 N–H and O–H groups in total. The highest BCUT2D eigenvalue weighted by atomic mass is 14.6. The van der Waals surface area contributed by atoms with E-state index < -0.39 is 0 Å². The third-order valence-corrected chi connectivity index (χ3v) is 11.0. The van der Waals surface area contributed by atoms with Gasteiger partial charge in [-0.25, -0.2) is 0 Å². The van der Waals surface area contributed by atoms with Gasteiger partial charge in [0.25, 0.3) is 0 Å². The van der Waals surface area contributed by atoms with E-state index in [0.29, 0.717) is 0 Å².